The molecule has 0 radical (unpaired) electrons. The predicted octanol–water partition coefficient (Wildman–Crippen LogP) is 5.39. The van der Waals surface area contributed by atoms with Crippen LogP contribution in [0.2, 0.25) is 0 Å². The maximum Gasteiger partial charge on any atom is 0.119 e. The van der Waals surface area contributed by atoms with Crippen LogP contribution in [0.15, 0.2) is 54.6 Å². The summed E-state index contributed by atoms with van der Waals surface area (Å²) < 4.78 is 5.51. The van der Waals surface area contributed by atoms with Gasteiger partial charge in [-0.1, -0.05) is 48.9 Å². The molecule has 2 aromatic rings. The summed E-state index contributed by atoms with van der Waals surface area (Å²) in [5.41, 5.74) is 3.45. The number of methoxy groups -OCH3 is 1. The minimum absolute atomic E-state index is 0.385. The van der Waals surface area contributed by atoms with Crippen LogP contribution in [0.3, 0.4) is 0 Å². The lowest BCUT2D eigenvalue weighted by atomic mass is 9.63. The summed E-state index contributed by atoms with van der Waals surface area (Å²) in [6, 6.07) is 20.8. The summed E-state index contributed by atoms with van der Waals surface area (Å²) in [5.74, 6) is 2.69. The lowest BCUT2D eigenvalue weighted by molar-refractivity contribution is 0.0478. The highest BCUT2D eigenvalue weighted by Crippen LogP contribution is 2.51. The Balaban J connectivity index is 1.27. The van der Waals surface area contributed by atoms with Crippen LogP contribution in [-0.2, 0) is 5.41 Å². The normalized spacial score (nSPS) is 32.9. The maximum absolute atomic E-state index is 5.51. The van der Waals surface area contributed by atoms with Gasteiger partial charge in [0.05, 0.1) is 7.11 Å². The Bertz CT molecular complexity index is 788. The van der Waals surface area contributed by atoms with E-state index in [-0.39, 0.29) is 0 Å². The molecule has 1 saturated heterocycles. The molecule has 2 aromatic carbocycles. The Morgan fingerprint density at radius 3 is 2.81 bits per heavy atom. The van der Waals surface area contributed by atoms with E-state index in [0.29, 0.717) is 5.41 Å². The van der Waals surface area contributed by atoms with Gasteiger partial charge in [-0.25, -0.2) is 0 Å². The third kappa shape index (κ3) is 3.29. The summed E-state index contributed by atoms with van der Waals surface area (Å²) in [4.78, 5) is 2.84. The molecule has 2 heteroatoms. The van der Waals surface area contributed by atoms with E-state index in [4.69, 9.17) is 4.74 Å². The molecule has 2 bridgehead atoms. The van der Waals surface area contributed by atoms with Crippen LogP contribution >= 0.6 is 0 Å². The first-order valence-corrected chi connectivity index (χ1v) is 10.7. The molecule has 0 N–H and O–H groups in total. The van der Waals surface area contributed by atoms with Crippen molar-refractivity contribution in [1.29, 1.82) is 0 Å². The summed E-state index contributed by atoms with van der Waals surface area (Å²) in [5, 5.41) is 0. The molecule has 4 atom stereocenters. The van der Waals surface area contributed by atoms with E-state index in [1.54, 1.807) is 12.7 Å². The average molecular weight is 362 g/mol. The molecule has 27 heavy (non-hydrogen) atoms. The molecule has 3 aliphatic rings. The molecular formula is C25H31NO. The van der Waals surface area contributed by atoms with E-state index < -0.39 is 0 Å². The topological polar surface area (TPSA) is 12.5 Å². The number of likely N-dealkylation sites (tertiary alicyclic amines) is 1. The Kier molecular flexibility index (Phi) is 4.47. The van der Waals surface area contributed by atoms with E-state index in [1.165, 1.54) is 57.2 Å². The van der Waals surface area contributed by atoms with Gasteiger partial charge in [-0.15, -0.1) is 0 Å². The number of nitrogens with zero attached hydrogens (tertiary/aromatic N) is 1. The SMILES string of the molecule is COc1cccc([C@@]23CCC[C@@H](C2)N(C[C@H]2C[C@@H]2c2ccccc2)CC3)c1. The summed E-state index contributed by atoms with van der Waals surface area (Å²) in [7, 11) is 1.78. The molecule has 2 nitrogen and oxygen atoms in total. The average Bonchev–Trinajstić information content (AvgIpc) is 3.50. The fraction of sp³-hybridized carbons (Fsp3) is 0.520. The second-order valence-corrected chi connectivity index (χ2v) is 9.02. The van der Waals surface area contributed by atoms with Gasteiger partial charge >= 0.3 is 0 Å². The lowest BCUT2D eigenvalue weighted by Gasteiger charge is -2.51. The Morgan fingerprint density at radius 1 is 1.07 bits per heavy atom. The monoisotopic (exact) mass is 361 g/mol. The lowest BCUT2D eigenvalue weighted by Crippen LogP contribution is -2.52. The number of rotatable bonds is 5. The van der Waals surface area contributed by atoms with Crippen molar-refractivity contribution in [3.8, 4) is 5.75 Å². The standard InChI is InChI=1S/C25H31NO/c1-27-23-11-5-9-21(16-23)25-12-6-10-22(17-25)26(14-13-25)18-20-15-24(20)19-7-3-2-4-8-19/h2-5,7-9,11,16,20,22,24H,6,10,12-15,17-18H2,1H3/t20-,22+,24-,25-/m1/s1. The zero-order valence-corrected chi connectivity index (χ0v) is 16.4. The van der Waals surface area contributed by atoms with Crippen LogP contribution in [0.4, 0.5) is 0 Å². The molecule has 1 aliphatic heterocycles. The number of benzene rings is 2. The Labute approximate surface area is 163 Å². The van der Waals surface area contributed by atoms with Crippen LogP contribution in [0, 0.1) is 5.92 Å². The van der Waals surface area contributed by atoms with Gasteiger partial charge in [0.25, 0.3) is 0 Å². The minimum atomic E-state index is 0.385. The minimum Gasteiger partial charge on any atom is -0.497 e. The highest BCUT2D eigenvalue weighted by Gasteiger charge is 2.46. The van der Waals surface area contributed by atoms with Gasteiger partial charge in [0, 0.05) is 12.6 Å². The van der Waals surface area contributed by atoms with Gasteiger partial charge in [-0.05, 0) is 79.2 Å². The van der Waals surface area contributed by atoms with Crippen molar-refractivity contribution in [3.05, 3.63) is 65.7 Å². The van der Waals surface area contributed by atoms with E-state index in [9.17, 15) is 0 Å². The van der Waals surface area contributed by atoms with Crippen LogP contribution in [0.1, 0.15) is 55.6 Å². The van der Waals surface area contributed by atoms with Crippen LogP contribution in [-0.4, -0.2) is 31.1 Å². The quantitative estimate of drug-likeness (QED) is 0.708. The number of ether oxygens (including phenoxy) is 1. The maximum atomic E-state index is 5.51. The summed E-state index contributed by atoms with van der Waals surface area (Å²) in [6.45, 7) is 2.57. The zero-order chi connectivity index (χ0) is 18.3. The van der Waals surface area contributed by atoms with Gasteiger partial charge in [0.15, 0.2) is 0 Å². The highest BCUT2D eigenvalue weighted by molar-refractivity contribution is 5.35. The number of fused-ring (bicyclic) bond motifs is 2. The molecule has 142 valence electrons. The van der Waals surface area contributed by atoms with Crippen molar-refractivity contribution in [2.24, 2.45) is 5.92 Å². The molecule has 0 spiro atoms. The van der Waals surface area contributed by atoms with Gasteiger partial charge in [-0.2, -0.15) is 0 Å². The van der Waals surface area contributed by atoms with E-state index in [1.807, 2.05) is 0 Å². The fourth-order valence-electron chi connectivity index (χ4n) is 5.87. The van der Waals surface area contributed by atoms with Crippen molar-refractivity contribution in [1.82, 2.24) is 4.90 Å². The van der Waals surface area contributed by atoms with Gasteiger partial charge in [0.2, 0.25) is 0 Å². The van der Waals surface area contributed by atoms with E-state index in [0.717, 1.165) is 23.6 Å². The molecule has 0 aromatic heterocycles. The second kappa shape index (κ2) is 6.98. The smallest absolute Gasteiger partial charge is 0.119 e. The van der Waals surface area contributed by atoms with Crippen molar-refractivity contribution in [3.63, 3.8) is 0 Å². The van der Waals surface area contributed by atoms with Crippen LogP contribution in [0.5, 0.6) is 5.75 Å². The Hall–Kier alpha value is -1.80. The third-order valence-corrected chi connectivity index (χ3v) is 7.51. The van der Waals surface area contributed by atoms with Crippen LogP contribution in [0.25, 0.3) is 0 Å². The molecule has 2 aliphatic carbocycles. The van der Waals surface area contributed by atoms with Crippen molar-refractivity contribution in [2.75, 3.05) is 20.2 Å². The third-order valence-electron chi connectivity index (χ3n) is 7.51. The molecule has 0 amide bonds. The first-order valence-electron chi connectivity index (χ1n) is 10.7. The molecule has 2 saturated carbocycles. The first-order chi connectivity index (χ1) is 13.3. The van der Waals surface area contributed by atoms with E-state index in [2.05, 4.69) is 59.5 Å². The number of hydrogen-bond acceptors (Lipinski definition) is 2. The largest absolute Gasteiger partial charge is 0.497 e. The summed E-state index contributed by atoms with van der Waals surface area (Å²) in [6.07, 6.45) is 8.12. The van der Waals surface area contributed by atoms with Gasteiger partial charge < -0.3 is 9.64 Å². The fourth-order valence-corrected chi connectivity index (χ4v) is 5.87. The molecule has 5 rings (SSSR count). The first kappa shape index (κ1) is 17.3. The van der Waals surface area contributed by atoms with Gasteiger partial charge in [-0.3, -0.25) is 0 Å². The summed E-state index contributed by atoms with van der Waals surface area (Å²) >= 11 is 0. The highest BCUT2D eigenvalue weighted by atomic mass is 16.5. The van der Waals surface area contributed by atoms with Gasteiger partial charge in [0.1, 0.15) is 5.75 Å². The molecule has 1 heterocycles. The molecule has 0 unspecified atom stereocenters. The van der Waals surface area contributed by atoms with Crippen LogP contribution < -0.4 is 4.74 Å². The second-order valence-electron chi connectivity index (χ2n) is 9.02. The molecule has 3 fully saturated rings. The Morgan fingerprint density at radius 2 is 1.96 bits per heavy atom. The number of piperidine rings is 1. The van der Waals surface area contributed by atoms with E-state index >= 15 is 0 Å². The van der Waals surface area contributed by atoms with Crippen molar-refractivity contribution in [2.45, 2.75) is 55.9 Å². The molecular weight excluding hydrogens is 330 g/mol. The predicted molar refractivity (Wildman–Crippen MR) is 110 cm³/mol. The van der Waals surface area contributed by atoms with Crippen molar-refractivity contribution < 1.29 is 4.74 Å². The zero-order valence-electron chi connectivity index (χ0n) is 16.4. The number of hydrogen-bond donors (Lipinski definition) is 0. The van der Waals surface area contributed by atoms with Crippen molar-refractivity contribution >= 4 is 0 Å².